The van der Waals surface area contributed by atoms with E-state index >= 15 is 0 Å². The molecule has 5 heterocycles. The Balaban J connectivity index is 1.41. The van der Waals surface area contributed by atoms with Crippen LogP contribution in [-0.2, 0) is 0 Å². The van der Waals surface area contributed by atoms with Crippen molar-refractivity contribution < 1.29 is 9.69 Å². The van der Waals surface area contributed by atoms with E-state index in [-0.39, 0.29) is 11.9 Å². The van der Waals surface area contributed by atoms with Crippen LogP contribution in [-0.4, -0.2) is 56.9 Å². The summed E-state index contributed by atoms with van der Waals surface area (Å²) in [5, 5.41) is 16.3. The lowest BCUT2D eigenvalue weighted by Gasteiger charge is -2.32. The number of rotatable bonds is 4. The predicted octanol–water partition coefficient (Wildman–Crippen LogP) is 0.475. The predicted molar refractivity (Wildman–Crippen MR) is 102 cm³/mol. The molecule has 1 fully saturated rings. The Morgan fingerprint density at radius 3 is 2.96 bits per heavy atom. The Hall–Kier alpha value is -3.04. The van der Waals surface area contributed by atoms with Gasteiger partial charge in [-0.15, -0.1) is 11.3 Å². The molecule has 3 N–H and O–H groups in total. The van der Waals surface area contributed by atoms with Crippen LogP contribution in [0.15, 0.2) is 42.4 Å². The summed E-state index contributed by atoms with van der Waals surface area (Å²) in [6.07, 6.45) is 9.08. The van der Waals surface area contributed by atoms with E-state index in [1.54, 1.807) is 23.1 Å². The maximum atomic E-state index is 12.4. The highest BCUT2D eigenvalue weighted by Gasteiger charge is 2.29. The van der Waals surface area contributed by atoms with E-state index in [1.807, 2.05) is 23.8 Å². The molecule has 0 radical (unpaired) electrons. The molecule has 0 aromatic carbocycles. The van der Waals surface area contributed by atoms with Gasteiger partial charge in [0, 0.05) is 35.3 Å². The van der Waals surface area contributed by atoms with Crippen molar-refractivity contribution in [3.63, 3.8) is 0 Å². The smallest absolute Gasteiger partial charge is 0.261 e. The van der Waals surface area contributed by atoms with Gasteiger partial charge in [0.2, 0.25) is 0 Å². The van der Waals surface area contributed by atoms with E-state index in [0.29, 0.717) is 4.88 Å². The summed E-state index contributed by atoms with van der Waals surface area (Å²) in [5.41, 5.74) is 4.52. The summed E-state index contributed by atoms with van der Waals surface area (Å²) in [4.78, 5) is 19.1. The molecule has 0 unspecified atom stereocenters. The van der Waals surface area contributed by atoms with E-state index in [4.69, 9.17) is 0 Å². The van der Waals surface area contributed by atoms with Gasteiger partial charge in [0.05, 0.1) is 24.3 Å². The largest absolute Gasteiger partial charge is 0.338 e. The van der Waals surface area contributed by atoms with E-state index in [9.17, 15) is 4.79 Å². The maximum Gasteiger partial charge on any atom is 0.261 e. The number of fused-ring (bicyclic) bond motifs is 1. The number of likely N-dealkylation sites (tertiary alicyclic amines) is 1. The number of likely N-dealkylation sites (N-methyl/N-ethyl adjacent to an activating group) is 1. The molecular weight excluding hydrogens is 362 g/mol. The maximum absolute atomic E-state index is 12.4. The number of aromatic nitrogens is 5. The Morgan fingerprint density at radius 2 is 2.19 bits per heavy atom. The fourth-order valence-electron chi connectivity index (χ4n) is 3.37. The first-order valence-electron chi connectivity index (χ1n) is 8.71. The number of carbonyl (C=O) groups excluding carboxylic acids is 1. The Labute approximate surface area is 158 Å². The van der Waals surface area contributed by atoms with Gasteiger partial charge in [-0.2, -0.15) is 10.2 Å². The summed E-state index contributed by atoms with van der Waals surface area (Å²) in [6.45, 7) is 1.97. The number of quaternary nitrogens is 1. The summed E-state index contributed by atoms with van der Waals surface area (Å²) in [5.74, 6) is -0.00423. The highest BCUT2D eigenvalue weighted by molar-refractivity contribution is 7.12. The van der Waals surface area contributed by atoms with Gasteiger partial charge >= 0.3 is 0 Å². The Bertz CT molecular complexity index is 1110. The zero-order valence-electron chi connectivity index (χ0n) is 14.6. The fourth-order valence-corrected chi connectivity index (χ4v) is 4.18. The van der Waals surface area contributed by atoms with Crippen molar-refractivity contribution in [1.29, 1.82) is 0 Å². The monoisotopic (exact) mass is 380 g/mol. The molecule has 1 amide bonds. The second-order valence-electron chi connectivity index (χ2n) is 6.89. The molecule has 4 aromatic heterocycles. The van der Waals surface area contributed by atoms with Gasteiger partial charge in [-0.1, -0.05) is 0 Å². The van der Waals surface area contributed by atoms with Crippen molar-refractivity contribution in [2.75, 3.05) is 20.1 Å². The van der Waals surface area contributed by atoms with Gasteiger partial charge in [0.1, 0.15) is 19.1 Å². The quantitative estimate of drug-likeness (QED) is 0.480. The number of carbonyl (C=O) groups is 1. The third kappa shape index (κ3) is 2.90. The molecule has 1 aliphatic rings. The minimum Gasteiger partial charge on any atom is -0.338 e. The second-order valence-corrected chi connectivity index (χ2v) is 7.80. The number of aromatic amines is 1. The molecule has 5 rings (SSSR count). The molecule has 27 heavy (non-hydrogen) atoms. The first-order chi connectivity index (χ1) is 13.2. The summed E-state index contributed by atoms with van der Waals surface area (Å²) in [6, 6.07) is 2.20. The van der Waals surface area contributed by atoms with Crippen molar-refractivity contribution in [2.24, 2.45) is 0 Å². The minimum absolute atomic E-state index is 0.00423. The summed E-state index contributed by atoms with van der Waals surface area (Å²) in [7, 11) is 2.13. The van der Waals surface area contributed by atoms with Gasteiger partial charge in [-0.25, -0.2) is 9.50 Å². The molecule has 0 spiro atoms. The number of H-pyrrole nitrogens is 1. The number of nitrogens with one attached hydrogen (secondary N) is 3. The topological polar surface area (TPSA) is 92.4 Å². The molecule has 0 aliphatic carbocycles. The Morgan fingerprint density at radius 1 is 1.30 bits per heavy atom. The van der Waals surface area contributed by atoms with Crippen LogP contribution in [0.5, 0.6) is 0 Å². The summed E-state index contributed by atoms with van der Waals surface area (Å²) < 4.78 is 1.75. The van der Waals surface area contributed by atoms with Gasteiger partial charge in [0.25, 0.3) is 5.91 Å². The molecule has 1 aliphatic heterocycles. The third-order valence-corrected chi connectivity index (χ3v) is 5.78. The molecule has 0 saturated carbocycles. The van der Waals surface area contributed by atoms with E-state index in [1.165, 1.54) is 16.2 Å². The number of hydrogen-bond donors (Lipinski definition) is 3. The van der Waals surface area contributed by atoms with Gasteiger partial charge in [-0.3, -0.25) is 9.89 Å². The van der Waals surface area contributed by atoms with Crippen molar-refractivity contribution in [2.45, 2.75) is 6.04 Å². The number of thiophene rings is 1. The molecule has 0 atom stereocenters. The van der Waals surface area contributed by atoms with Gasteiger partial charge in [0.15, 0.2) is 5.65 Å². The van der Waals surface area contributed by atoms with Crippen LogP contribution < -0.4 is 10.2 Å². The zero-order chi connectivity index (χ0) is 18.4. The van der Waals surface area contributed by atoms with Gasteiger partial charge < -0.3 is 10.2 Å². The van der Waals surface area contributed by atoms with Gasteiger partial charge in [-0.05, 0) is 17.0 Å². The average molecular weight is 380 g/mol. The molecule has 4 aromatic rings. The number of amides is 1. The van der Waals surface area contributed by atoms with Crippen molar-refractivity contribution in [1.82, 2.24) is 30.1 Å². The number of nitrogens with zero attached hydrogens (tertiary/aromatic N) is 4. The van der Waals surface area contributed by atoms with Crippen LogP contribution in [0, 0.1) is 0 Å². The lowest BCUT2D eigenvalue weighted by molar-refractivity contribution is -0.922. The molecule has 8 nitrogen and oxygen atoms in total. The molecule has 9 heteroatoms. The molecular formula is C18H18N7OS+. The highest BCUT2D eigenvalue weighted by atomic mass is 32.1. The molecule has 136 valence electrons. The van der Waals surface area contributed by atoms with Crippen LogP contribution in [0.4, 0.5) is 0 Å². The third-order valence-electron chi connectivity index (χ3n) is 4.85. The van der Waals surface area contributed by atoms with E-state index in [0.717, 1.165) is 41.0 Å². The lowest BCUT2D eigenvalue weighted by atomic mass is 10.1. The fraction of sp³-hybridized carbons (Fsp3) is 0.222. The normalized spacial score (nSPS) is 19.1. The highest BCUT2D eigenvalue weighted by Crippen LogP contribution is 2.29. The standard InChI is InChI=1S/C18H17N7OS/c1-24-8-14(9-24)23-18(26)16-2-11(10-27-16)15-6-22-25-7-13(3-19-17(15)25)12-4-20-21-5-12/h2-7,10,14H,8-9H2,1H3,(H,20,21)(H,23,26)/p+1. The number of hydrogen-bond acceptors (Lipinski definition) is 5. The SMILES string of the molecule is C[NH+]1CC(NC(=O)c2cc(-c3cnn4cc(-c5cn[nH]c5)cnc34)cs2)C1. The van der Waals surface area contributed by atoms with Crippen LogP contribution in [0.25, 0.3) is 27.9 Å². The van der Waals surface area contributed by atoms with Crippen LogP contribution >= 0.6 is 11.3 Å². The second kappa shape index (κ2) is 6.29. The van der Waals surface area contributed by atoms with Crippen LogP contribution in [0.1, 0.15) is 9.67 Å². The van der Waals surface area contributed by atoms with Crippen LogP contribution in [0.3, 0.4) is 0 Å². The van der Waals surface area contributed by atoms with Crippen molar-refractivity contribution in [3.05, 3.63) is 47.3 Å². The van der Waals surface area contributed by atoms with E-state index < -0.39 is 0 Å². The lowest BCUT2D eigenvalue weighted by Crippen LogP contribution is -3.19. The molecule has 0 bridgehead atoms. The first kappa shape index (κ1) is 16.2. The van der Waals surface area contributed by atoms with Crippen molar-refractivity contribution in [3.8, 4) is 22.3 Å². The minimum atomic E-state index is -0.00423. The van der Waals surface area contributed by atoms with E-state index in [2.05, 4.69) is 32.6 Å². The molecule has 1 saturated heterocycles. The van der Waals surface area contributed by atoms with Crippen LogP contribution in [0.2, 0.25) is 0 Å². The van der Waals surface area contributed by atoms with Crippen molar-refractivity contribution >= 4 is 22.9 Å². The average Bonchev–Trinajstić information content (AvgIpc) is 3.38. The zero-order valence-corrected chi connectivity index (χ0v) is 15.5. The Kier molecular flexibility index (Phi) is 3.76. The summed E-state index contributed by atoms with van der Waals surface area (Å²) >= 11 is 1.45. The first-order valence-corrected chi connectivity index (χ1v) is 9.59.